The minimum absolute atomic E-state index is 0.132. The molecule has 224 valence electrons. The second-order valence-electron chi connectivity index (χ2n) is 10.5. The highest BCUT2D eigenvalue weighted by atomic mass is 32.1. The van der Waals surface area contributed by atoms with E-state index >= 15 is 0 Å². The summed E-state index contributed by atoms with van der Waals surface area (Å²) in [7, 11) is 1.45. The average Bonchev–Trinajstić information content (AvgIpc) is 3.76. The van der Waals surface area contributed by atoms with Gasteiger partial charge >= 0.3 is 6.18 Å². The van der Waals surface area contributed by atoms with Gasteiger partial charge in [0.05, 0.1) is 11.1 Å². The van der Waals surface area contributed by atoms with Gasteiger partial charge in [-0.15, -0.1) is 11.3 Å². The van der Waals surface area contributed by atoms with Crippen molar-refractivity contribution in [2.75, 3.05) is 26.2 Å². The van der Waals surface area contributed by atoms with Crippen LogP contribution in [0.2, 0.25) is 0 Å². The van der Waals surface area contributed by atoms with Crippen LogP contribution in [0.3, 0.4) is 0 Å². The summed E-state index contributed by atoms with van der Waals surface area (Å²) in [6.07, 6.45) is 7.01. The summed E-state index contributed by atoms with van der Waals surface area (Å²) >= 11 is 1.05. The molecule has 9 nitrogen and oxygen atoms in total. The summed E-state index contributed by atoms with van der Waals surface area (Å²) in [5.41, 5.74) is 3.68. The fraction of sp³-hybridized carbons (Fsp3) is 0.333. The normalized spacial score (nSPS) is 15.1. The zero-order valence-electron chi connectivity index (χ0n) is 23.4. The van der Waals surface area contributed by atoms with Gasteiger partial charge in [-0.1, -0.05) is 18.6 Å². The maximum absolute atomic E-state index is 13.7. The Balaban J connectivity index is 1.13. The van der Waals surface area contributed by atoms with E-state index in [1.165, 1.54) is 43.3 Å². The lowest BCUT2D eigenvalue weighted by Crippen LogP contribution is -2.39. The first-order valence-electron chi connectivity index (χ1n) is 14.0. The Morgan fingerprint density at radius 1 is 1.07 bits per heavy atom. The number of benzene rings is 1. The van der Waals surface area contributed by atoms with Gasteiger partial charge in [-0.2, -0.15) is 18.3 Å². The lowest BCUT2D eigenvalue weighted by molar-refractivity contribution is -0.157. The van der Waals surface area contributed by atoms with Gasteiger partial charge in [0.15, 0.2) is 11.7 Å². The van der Waals surface area contributed by atoms with Gasteiger partial charge in [-0.3, -0.25) is 9.69 Å². The Hall–Kier alpha value is -4.23. The highest BCUT2D eigenvalue weighted by Gasteiger charge is 2.44. The maximum Gasteiger partial charge on any atom is 0.415 e. The summed E-state index contributed by atoms with van der Waals surface area (Å²) in [4.78, 5) is 23.8. The van der Waals surface area contributed by atoms with Crippen LogP contribution in [-0.2, 0) is 7.05 Å². The molecule has 0 aliphatic carbocycles. The molecule has 13 heteroatoms. The smallest absolute Gasteiger partial charge is 0.415 e. The van der Waals surface area contributed by atoms with E-state index in [2.05, 4.69) is 25.3 Å². The molecule has 1 atom stereocenters. The molecule has 0 bridgehead atoms. The SMILES string of the molecule is Cn1ccnc1C(NC(=O)c1cc(-c2cnn3cc(-c4ccc(OCCN5CCCCC5)cc4)cnc23)cs1)C(F)(F)F. The van der Waals surface area contributed by atoms with Gasteiger partial charge < -0.3 is 14.6 Å². The van der Waals surface area contributed by atoms with Gasteiger partial charge in [0.1, 0.15) is 18.2 Å². The molecule has 1 aromatic carbocycles. The molecule has 1 aliphatic rings. The molecule has 0 spiro atoms. The monoisotopic (exact) mass is 609 g/mol. The first-order valence-corrected chi connectivity index (χ1v) is 14.9. The van der Waals surface area contributed by atoms with Crippen molar-refractivity contribution in [2.24, 2.45) is 7.05 Å². The zero-order valence-corrected chi connectivity index (χ0v) is 24.2. The Bertz CT molecular complexity index is 1700. The molecule has 1 saturated heterocycles. The summed E-state index contributed by atoms with van der Waals surface area (Å²) in [6, 6.07) is 7.16. The average molecular weight is 610 g/mol. The van der Waals surface area contributed by atoms with Crippen LogP contribution < -0.4 is 10.1 Å². The number of imidazole rings is 1. The Morgan fingerprint density at radius 3 is 2.58 bits per heavy atom. The molecule has 1 unspecified atom stereocenters. The van der Waals surface area contributed by atoms with Crippen molar-refractivity contribution in [2.45, 2.75) is 31.5 Å². The second-order valence-corrected chi connectivity index (χ2v) is 11.4. The number of aromatic nitrogens is 5. The first kappa shape index (κ1) is 28.9. The third-order valence-electron chi connectivity index (χ3n) is 7.52. The van der Waals surface area contributed by atoms with Crippen LogP contribution in [0.15, 0.2) is 66.7 Å². The lowest BCUT2D eigenvalue weighted by Gasteiger charge is -2.26. The number of carbonyl (C=O) groups is 1. The van der Waals surface area contributed by atoms with E-state index in [0.717, 1.165) is 47.8 Å². The van der Waals surface area contributed by atoms with Gasteiger partial charge in [0.2, 0.25) is 0 Å². The number of aryl methyl sites for hydroxylation is 1. The number of likely N-dealkylation sites (tertiary alicyclic amines) is 1. The molecule has 1 amide bonds. The number of fused-ring (bicyclic) bond motifs is 1. The van der Waals surface area contributed by atoms with Crippen LogP contribution in [0.25, 0.3) is 27.9 Å². The van der Waals surface area contributed by atoms with E-state index < -0.39 is 18.1 Å². The quantitative estimate of drug-likeness (QED) is 0.229. The van der Waals surface area contributed by atoms with E-state index in [9.17, 15) is 18.0 Å². The maximum atomic E-state index is 13.7. The van der Waals surface area contributed by atoms with Crippen LogP contribution in [0, 0.1) is 0 Å². The summed E-state index contributed by atoms with van der Waals surface area (Å²) in [5.74, 6) is -0.322. The Morgan fingerprint density at radius 2 is 1.86 bits per heavy atom. The molecule has 1 aliphatic heterocycles. The third-order valence-corrected chi connectivity index (χ3v) is 8.45. The minimum atomic E-state index is -4.71. The van der Waals surface area contributed by atoms with Crippen LogP contribution in [0.1, 0.15) is 40.8 Å². The van der Waals surface area contributed by atoms with Crippen molar-refractivity contribution < 1.29 is 22.7 Å². The highest BCUT2D eigenvalue weighted by molar-refractivity contribution is 7.12. The van der Waals surface area contributed by atoms with Crippen LogP contribution >= 0.6 is 11.3 Å². The molecule has 43 heavy (non-hydrogen) atoms. The van der Waals surface area contributed by atoms with Crippen LogP contribution in [-0.4, -0.2) is 67.4 Å². The van der Waals surface area contributed by atoms with E-state index in [1.807, 2.05) is 30.5 Å². The fourth-order valence-electron chi connectivity index (χ4n) is 5.19. The van der Waals surface area contributed by atoms with Gasteiger partial charge in [0.25, 0.3) is 5.91 Å². The zero-order chi connectivity index (χ0) is 30.0. The summed E-state index contributed by atoms with van der Waals surface area (Å²) in [5, 5.41) is 8.22. The third kappa shape index (κ3) is 6.42. The molecular weight excluding hydrogens is 579 g/mol. The fourth-order valence-corrected chi connectivity index (χ4v) is 6.00. The summed E-state index contributed by atoms with van der Waals surface area (Å²) < 4.78 is 50.0. The van der Waals surface area contributed by atoms with Crippen molar-refractivity contribution in [3.63, 3.8) is 0 Å². The van der Waals surface area contributed by atoms with Crippen molar-refractivity contribution in [1.29, 1.82) is 0 Å². The topological polar surface area (TPSA) is 89.6 Å². The standard InChI is InChI=1S/C30H30F3N7O2S/c1-38-12-9-34-28(38)26(30(31,32)33)37-29(41)25-15-21(19-43-25)24-17-36-40-18-22(16-35-27(24)40)20-5-7-23(8-6-20)42-14-13-39-10-3-2-4-11-39/h5-9,12,15-19,26H,2-4,10-11,13-14H2,1H3,(H,37,41). The molecule has 6 rings (SSSR count). The first-order chi connectivity index (χ1) is 20.8. The lowest BCUT2D eigenvalue weighted by atomic mass is 10.1. The molecule has 5 aromatic rings. The number of halogens is 3. The number of hydrogen-bond donors (Lipinski definition) is 1. The van der Waals surface area contributed by atoms with Crippen LogP contribution in [0.5, 0.6) is 5.75 Å². The van der Waals surface area contributed by atoms with Crippen molar-refractivity contribution in [3.8, 4) is 28.0 Å². The minimum Gasteiger partial charge on any atom is -0.492 e. The van der Waals surface area contributed by atoms with Gasteiger partial charge in [-0.05, 0) is 60.6 Å². The van der Waals surface area contributed by atoms with E-state index in [0.29, 0.717) is 23.4 Å². The molecule has 4 aromatic heterocycles. The number of alkyl halides is 3. The van der Waals surface area contributed by atoms with Crippen molar-refractivity contribution in [1.82, 2.24) is 34.4 Å². The Kier molecular flexibility index (Phi) is 8.17. The van der Waals surface area contributed by atoms with Gasteiger partial charge in [-0.25, -0.2) is 14.5 Å². The van der Waals surface area contributed by atoms with Crippen LogP contribution in [0.4, 0.5) is 13.2 Å². The number of nitrogens with zero attached hydrogens (tertiary/aromatic N) is 6. The number of piperidine rings is 1. The molecule has 1 N–H and O–H groups in total. The number of amides is 1. The van der Waals surface area contributed by atoms with Crippen molar-refractivity contribution in [3.05, 3.63) is 77.4 Å². The second kappa shape index (κ2) is 12.2. The van der Waals surface area contributed by atoms with Crippen molar-refractivity contribution >= 4 is 22.9 Å². The van der Waals surface area contributed by atoms with Gasteiger partial charge in [0, 0.05) is 49.5 Å². The summed E-state index contributed by atoms with van der Waals surface area (Å²) in [6.45, 7) is 3.87. The predicted molar refractivity (Wildman–Crippen MR) is 157 cm³/mol. The predicted octanol–water partition coefficient (Wildman–Crippen LogP) is 5.76. The number of nitrogens with one attached hydrogen (secondary N) is 1. The molecule has 5 heterocycles. The Labute approximate surface area is 249 Å². The van der Waals surface area contributed by atoms with E-state index in [1.54, 1.807) is 28.4 Å². The number of rotatable bonds is 9. The number of ether oxygens (including phenoxy) is 1. The largest absolute Gasteiger partial charge is 0.492 e. The molecule has 0 saturated carbocycles. The highest BCUT2D eigenvalue weighted by Crippen LogP contribution is 2.34. The molecular formula is C30H30F3N7O2S. The van der Waals surface area contributed by atoms with E-state index in [-0.39, 0.29) is 10.7 Å². The van der Waals surface area contributed by atoms with E-state index in [4.69, 9.17) is 4.74 Å². The molecule has 0 radical (unpaired) electrons. The number of hydrogen-bond acceptors (Lipinski definition) is 7. The molecule has 1 fully saturated rings. The number of carbonyl (C=O) groups excluding carboxylic acids is 1. The number of thiophene rings is 1.